The number of nitrogens with zero attached hydrogens (tertiary/aromatic N) is 1. The van der Waals surface area contributed by atoms with E-state index in [1.54, 1.807) is 6.07 Å². The number of anilines is 1. The molecule has 0 atom stereocenters. The third kappa shape index (κ3) is 1.16. The smallest absolute Gasteiger partial charge is 0.257 e. The number of benzene rings is 1. The summed E-state index contributed by atoms with van der Waals surface area (Å²) in [5.74, 6) is 0. The average Bonchev–Trinajstić information content (AvgIpc) is 2.31. The van der Waals surface area contributed by atoms with Gasteiger partial charge in [-0.1, -0.05) is 18.2 Å². The van der Waals surface area contributed by atoms with Crippen molar-refractivity contribution in [1.82, 2.24) is 9.97 Å². The summed E-state index contributed by atoms with van der Waals surface area (Å²) in [6.07, 6.45) is 1.53. The number of H-pyrrole nitrogens is 1. The van der Waals surface area contributed by atoms with Crippen LogP contribution in [0.1, 0.15) is 0 Å². The van der Waals surface area contributed by atoms with Gasteiger partial charge in [-0.25, -0.2) is 4.98 Å². The summed E-state index contributed by atoms with van der Waals surface area (Å²) in [7, 11) is 0. The summed E-state index contributed by atoms with van der Waals surface area (Å²) >= 11 is 0. The SMILES string of the molecule is Nc1cnc2[nH]c(=O)c3ccccc3c2c1. The Morgan fingerprint density at radius 2 is 1.88 bits per heavy atom. The van der Waals surface area contributed by atoms with E-state index in [0.717, 1.165) is 10.8 Å². The highest BCUT2D eigenvalue weighted by atomic mass is 16.1. The van der Waals surface area contributed by atoms with Gasteiger partial charge in [0, 0.05) is 10.8 Å². The molecule has 0 fully saturated rings. The molecule has 4 nitrogen and oxygen atoms in total. The summed E-state index contributed by atoms with van der Waals surface area (Å²) in [4.78, 5) is 18.6. The third-order valence-electron chi connectivity index (χ3n) is 2.60. The van der Waals surface area contributed by atoms with Crippen molar-refractivity contribution in [1.29, 1.82) is 0 Å². The molecule has 16 heavy (non-hydrogen) atoms. The van der Waals surface area contributed by atoms with Gasteiger partial charge in [0.05, 0.1) is 11.9 Å². The molecule has 3 N–H and O–H groups in total. The van der Waals surface area contributed by atoms with Gasteiger partial charge in [0.1, 0.15) is 5.65 Å². The normalized spacial score (nSPS) is 11.0. The van der Waals surface area contributed by atoms with E-state index in [0.29, 0.717) is 16.7 Å². The van der Waals surface area contributed by atoms with Crippen LogP contribution in [0.3, 0.4) is 0 Å². The summed E-state index contributed by atoms with van der Waals surface area (Å²) < 4.78 is 0. The lowest BCUT2D eigenvalue weighted by Crippen LogP contribution is -2.07. The summed E-state index contributed by atoms with van der Waals surface area (Å²) in [5.41, 5.74) is 6.73. The van der Waals surface area contributed by atoms with Gasteiger partial charge >= 0.3 is 0 Å². The molecule has 0 bridgehead atoms. The van der Waals surface area contributed by atoms with E-state index in [4.69, 9.17) is 5.73 Å². The van der Waals surface area contributed by atoms with Crippen molar-refractivity contribution >= 4 is 27.5 Å². The molecular weight excluding hydrogens is 202 g/mol. The second-order valence-electron chi connectivity index (χ2n) is 3.66. The molecule has 3 aromatic rings. The Balaban J connectivity index is 2.66. The molecule has 0 aliphatic heterocycles. The van der Waals surface area contributed by atoms with Crippen molar-refractivity contribution in [2.75, 3.05) is 5.73 Å². The molecule has 78 valence electrons. The zero-order chi connectivity index (χ0) is 11.1. The number of fused-ring (bicyclic) bond motifs is 3. The Morgan fingerprint density at radius 1 is 1.12 bits per heavy atom. The lowest BCUT2D eigenvalue weighted by atomic mass is 10.1. The molecule has 4 heteroatoms. The Hall–Kier alpha value is -2.36. The highest BCUT2D eigenvalue weighted by molar-refractivity contribution is 6.04. The Kier molecular flexibility index (Phi) is 1.71. The maximum absolute atomic E-state index is 11.8. The fourth-order valence-electron chi connectivity index (χ4n) is 1.88. The Bertz CT molecular complexity index is 746. The van der Waals surface area contributed by atoms with Crippen LogP contribution in [0, 0.1) is 0 Å². The van der Waals surface area contributed by atoms with Crippen LogP contribution in [0.5, 0.6) is 0 Å². The monoisotopic (exact) mass is 211 g/mol. The molecule has 0 saturated heterocycles. The van der Waals surface area contributed by atoms with Crippen LogP contribution in [-0.2, 0) is 0 Å². The fraction of sp³-hybridized carbons (Fsp3) is 0. The summed E-state index contributed by atoms with van der Waals surface area (Å²) in [5, 5.41) is 2.40. The standard InChI is InChI=1S/C12H9N3O/c13-7-5-10-8-3-1-2-4-9(8)12(16)15-11(10)14-6-7/h1-6H,13H2,(H,14,15,16). The Morgan fingerprint density at radius 3 is 2.69 bits per heavy atom. The summed E-state index contributed by atoms with van der Waals surface area (Å²) in [6.45, 7) is 0. The molecule has 0 radical (unpaired) electrons. The van der Waals surface area contributed by atoms with Crippen LogP contribution in [-0.4, -0.2) is 9.97 Å². The van der Waals surface area contributed by atoms with Crippen LogP contribution >= 0.6 is 0 Å². The first-order valence-corrected chi connectivity index (χ1v) is 4.92. The number of aromatic nitrogens is 2. The zero-order valence-electron chi connectivity index (χ0n) is 8.40. The van der Waals surface area contributed by atoms with Crippen LogP contribution in [0.15, 0.2) is 41.3 Å². The molecule has 0 aliphatic carbocycles. The zero-order valence-corrected chi connectivity index (χ0v) is 8.40. The number of pyridine rings is 2. The van der Waals surface area contributed by atoms with Crippen molar-refractivity contribution in [3.63, 3.8) is 0 Å². The average molecular weight is 211 g/mol. The number of nitrogens with one attached hydrogen (secondary N) is 1. The van der Waals surface area contributed by atoms with Gasteiger partial charge < -0.3 is 10.7 Å². The largest absolute Gasteiger partial charge is 0.397 e. The quantitative estimate of drug-likeness (QED) is 0.555. The molecule has 2 aromatic heterocycles. The van der Waals surface area contributed by atoms with Gasteiger partial charge in [-0.2, -0.15) is 0 Å². The van der Waals surface area contributed by atoms with E-state index in [-0.39, 0.29) is 5.56 Å². The highest BCUT2D eigenvalue weighted by Gasteiger charge is 2.04. The molecule has 3 rings (SSSR count). The molecule has 0 aliphatic rings. The van der Waals surface area contributed by atoms with Gasteiger partial charge in [-0.05, 0) is 17.5 Å². The van der Waals surface area contributed by atoms with Crippen LogP contribution in [0.4, 0.5) is 5.69 Å². The molecular formula is C12H9N3O. The molecule has 0 spiro atoms. The van der Waals surface area contributed by atoms with E-state index >= 15 is 0 Å². The first-order valence-electron chi connectivity index (χ1n) is 4.92. The molecule has 2 heterocycles. The van der Waals surface area contributed by atoms with Crippen molar-refractivity contribution in [2.24, 2.45) is 0 Å². The molecule has 1 aromatic carbocycles. The van der Waals surface area contributed by atoms with Crippen LogP contribution < -0.4 is 11.3 Å². The number of rotatable bonds is 0. The van der Waals surface area contributed by atoms with E-state index in [2.05, 4.69) is 9.97 Å². The third-order valence-corrected chi connectivity index (χ3v) is 2.60. The number of nitrogens with two attached hydrogens (primary N) is 1. The maximum Gasteiger partial charge on any atom is 0.257 e. The van der Waals surface area contributed by atoms with E-state index in [1.807, 2.05) is 24.3 Å². The van der Waals surface area contributed by atoms with Crippen molar-refractivity contribution in [3.05, 3.63) is 46.9 Å². The van der Waals surface area contributed by atoms with Crippen molar-refractivity contribution in [3.8, 4) is 0 Å². The minimum absolute atomic E-state index is 0.125. The molecule has 0 saturated carbocycles. The number of hydrogen-bond donors (Lipinski definition) is 2. The van der Waals surface area contributed by atoms with Gasteiger partial charge in [0.2, 0.25) is 0 Å². The predicted molar refractivity (Wildman–Crippen MR) is 64.3 cm³/mol. The van der Waals surface area contributed by atoms with Crippen LogP contribution in [0.2, 0.25) is 0 Å². The molecule has 0 amide bonds. The highest BCUT2D eigenvalue weighted by Crippen LogP contribution is 2.20. The number of hydrogen-bond acceptors (Lipinski definition) is 3. The van der Waals surface area contributed by atoms with E-state index in [1.165, 1.54) is 6.20 Å². The topological polar surface area (TPSA) is 71.8 Å². The lowest BCUT2D eigenvalue weighted by molar-refractivity contribution is 1.26. The number of aromatic amines is 1. The van der Waals surface area contributed by atoms with Crippen molar-refractivity contribution < 1.29 is 0 Å². The minimum atomic E-state index is -0.125. The summed E-state index contributed by atoms with van der Waals surface area (Å²) in [6, 6.07) is 9.24. The maximum atomic E-state index is 11.8. The molecule has 0 unspecified atom stereocenters. The minimum Gasteiger partial charge on any atom is -0.397 e. The van der Waals surface area contributed by atoms with Gasteiger partial charge in [-0.15, -0.1) is 0 Å². The predicted octanol–water partition coefficient (Wildman–Crippen LogP) is 1.66. The lowest BCUT2D eigenvalue weighted by Gasteiger charge is -2.03. The Labute approximate surface area is 90.7 Å². The van der Waals surface area contributed by atoms with E-state index < -0.39 is 0 Å². The number of nitrogen functional groups attached to an aromatic ring is 1. The van der Waals surface area contributed by atoms with Crippen molar-refractivity contribution in [2.45, 2.75) is 0 Å². The van der Waals surface area contributed by atoms with Crippen LogP contribution in [0.25, 0.3) is 21.8 Å². The first-order chi connectivity index (χ1) is 7.75. The second-order valence-corrected chi connectivity index (χ2v) is 3.66. The van der Waals surface area contributed by atoms with Gasteiger partial charge in [-0.3, -0.25) is 4.79 Å². The van der Waals surface area contributed by atoms with Gasteiger partial charge in [0.25, 0.3) is 5.56 Å². The van der Waals surface area contributed by atoms with Gasteiger partial charge in [0.15, 0.2) is 0 Å². The fourth-order valence-corrected chi connectivity index (χ4v) is 1.88. The second kappa shape index (κ2) is 3.06. The first kappa shape index (κ1) is 8.91. The van der Waals surface area contributed by atoms with E-state index in [9.17, 15) is 4.79 Å².